The van der Waals surface area contributed by atoms with Crippen molar-refractivity contribution in [2.45, 2.75) is 70.8 Å². The molecule has 0 aliphatic heterocycles. The van der Waals surface area contributed by atoms with Gasteiger partial charge >= 0.3 is 0 Å². The van der Waals surface area contributed by atoms with Crippen LogP contribution in [0.1, 0.15) is 71.0 Å². The van der Waals surface area contributed by atoms with E-state index in [4.69, 9.17) is 4.52 Å². The lowest BCUT2D eigenvalue weighted by Gasteiger charge is -2.27. The molecule has 0 spiro atoms. The summed E-state index contributed by atoms with van der Waals surface area (Å²) in [5.41, 5.74) is -0.0303. The van der Waals surface area contributed by atoms with Crippen LogP contribution in [0, 0.1) is 0 Å². The van der Waals surface area contributed by atoms with Crippen molar-refractivity contribution in [3.8, 4) is 0 Å². The summed E-state index contributed by atoms with van der Waals surface area (Å²) in [6.07, 6.45) is 4.81. The SMILES string of the molecule is CCNC1CCCC(c2nc(C(C)(C)C)no2)C1. The largest absolute Gasteiger partial charge is 0.339 e. The third-order valence-corrected chi connectivity index (χ3v) is 3.63. The number of hydrogen-bond acceptors (Lipinski definition) is 4. The van der Waals surface area contributed by atoms with Gasteiger partial charge in [0.25, 0.3) is 0 Å². The zero-order valence-electron chi connectivity index (χ0n) is 12.0. The second-order valence-corrected chi connectivity index (χ2v) is 6.32. The quantitative estimate of drug-likeness (QED) is 0.897. The van der Waals surface area contributed by atoms with Crippen LogP contribution in [0.4, 0.5) is 0 Å². The number of hydrogen-bond donors (Lipinski definition) is 1. The van der Waals surface area contributed by atoms with Gasteiger partial charge in [0.15, 0.2) is 5.82 Å². The van der Waals surface area contributed by atoms with E-state index < -0.39 is 0 Å². The minimum absolute atomic E-state index is 0.0303. The van der Waals surface area contributed by atoms with E-state index in [0.29, 0.717) is 12.0 Å². The van der Waals surface area contributed by atoms with Gasteiger partial charge in [-0.25, -0.2) is 0 Å². The van der Waals surface area contributed by atoms with Crippen LogP contribution < -0.4 is 5.32 Å². The van der Waals surface area contributed by atoms with Crippen LogP contribution in [0.15, 0.2) is 4.52 Å². The zero-order chi connectivity index (χ0) is 13.2. The molecule has 4 heteroatoms. The van der Waals surface area contributed by atoms with Crippen molar-refractivity contribution in [1.82, 2.24) is 15.5 Å². The van der Waals surface area contributed by atoms with E-state index in [1.54, 1.807) is 0 Å². The highest BCUT2D eigenvalue weighted by atomic mass is 16.5. The fourth-order valence-corrected chi connectivity index (χ4v) is 2.59. The van der Waals surface area contributed by atoms with Gasteiger partial charge in [-0.3, -0.25) is 0 Å². The molecule has 18 heavy (non-hydrogen) atoms. The molecule has 4 nitrogen and oxygen atoms in total. The van der Waals surface area contributed by atoms with Crippen LogP contribution >= 0.6 is 0 Å². The summed E-state index contributed by atoms with van der Waals surface area (Å²) in [5.74, 6) is 2.09. The van der Waals surface area contributed by atoms with Crippen molar-refractivity contribution in [3.63, 3.8) is 0 Å². The van der Waals surface area contributed by atoms with Gasteiger partial charge < -0.3 is 9.84 Å². The number of nitrogens with one attached hydrogen (secondary N) is 1. The molecule has 1 heterocycles. The van der Waals surface area contributed by atoms with E-state index >= 15 is 0 Å². The number of rotatable bonds is 3. The Balaban J connectivity index is 2.05. The maximum atomic E-state index is 5.47. The maximum absolute atomic E-state index is 5.47. The smallest absolute Gasteiger partial charge is 0.229 e. The molecule has 0 radical (unpaired) electrons. The molecular formula is C14H25N3O. The van der Waals surface area contributed by atoms with Gasteiger partial charge in [-0.15, -0.1) is 0 Å². The van der Waals surface area contributed by atoms with E-state index in [1.165, 1.54) is 19.3 Å². The molecule has 0 amide bonds. The summed E-state index contributed by atoms with van der Waals surface area (Å²) in [4.78, 5) is 4.59. The summed E-state index contributed by atoms with van der Waals surface area (Å²) >= 11 is 0. The van der Waals surface area contributed by atoms with Gasteiger partial charge in [-0.2, -0.15) is 4.98 Å². The van der Waals surface area contributed by atoms with Crippen molar-refractivity contribution >= 4 is 0 Å². The summed E-state index contributed by atoms with van der Waals surface area (Å²) in [5, 5.41) is 7.66. The summed E-state index contributed by atoms with van der Waals surface area (Å²) < 4.78 is 5.47. The Morgan fingerprint density at radius 2 is 2.11 bits per heavy atom. The maximum Gasteiger partial charge on any atom is 0.229 e. The van der Waals surface area contributed by atoms with Crippen LogP contribution in [-0.2, 0) is 5.41 Å². The van der Waals surface area contributed by atoms with Crippen LogP contribution in [0.3, 0.4) is 0 Å². The van der Waals surface area contributed by atoms with E-state index in [1.807, 2.05) is 0 Å². The van der Waals surface area contributed by atoms with Crippen molar-refractivity contribution in [2.24, 2.45) is 0 Å². The topological polar surface area (TPSA) is 51.0 Å². The Morgan fingerprint density at radius 1 is 1.33 bits per heavy atom. The van der Waals surface area contributed by atoms with Gasteiger partial charge in [0.05, 0.1) is 0 Å². The van der Waals surface area contributed by atoms with Crippen molar-refractivity contribution in [2.75, 3.05) is 6.54 Å². The molecule has 1 aliphatic carbocycles. The van der Waals surface area contributed by atoms with Crippen LogP contribution in [-0.4, -0.2) is 22.7 Å². The highest BCUT2D eigenvalue weighted by Gasteiger charge is 2.29. The molecule has 2 rings (SSSR count). The van der Waals surface area contributed by atoms with Gasteiger partial charge in [0.2, 0.25) is 5.89 Å². The summed E-state index contributed by atoms with van der Waals surface area (Å²) in [6.45, 7) is 9.54. The van der Waals surface area contributed by atoms with Gasteiger partial charge in [-0.1, -0.05) is 39.3 Å². The van der Waals surface area contributed by atoms with Crippen LogP contribution in [0.25, 0.3) is 0 Å². The van der Waals surface area contributed by atoms with Crippen LogP contribution in [0.2, 0.25) is 0 Å². The lowest BCUT2D eigenvalue weighted by atomic mass is 9.85. The lowest BCUT2D eigenvalue weighted by molar-refractivity contribution is 0.278. The second kappa shape index (κ2) is 5.39. The lowest BCUT2D eigenvalue weighted by Crippen LogP contribution is -2.33. The van der Waals surface area contributed by atoms with Crippen molar-refractivity contribution in [1.29, 1.82) is 0 Å². The Hall–Kier alpha value is -0.900. The number of nitrogens with zero attached hydrogens (tertiary/aromatic N) is 2. The Kier molecular flexibility index (Phi) is 4.05. The Bertz CT molecular complexity index is 379. The van der Waals surface area contributed by atoms with E-state index in [9.17, 15) is 0 Å². The molecule has 0 bridgehead atoms. The van der Waals surface area contributed by atoms with Crippen LogP contribution in [0.5, 0.6) is 0 Å². The monoisotopic (exact) mass is 251 g/mol. The highest BCUT2D eigenvalue weighted by Crippen LogP contribution is 2.33. The minimum Gasteiger partial charge on any atom is -0.339 e. The Labute approximate surface area is 110 Å². The Morgan fingerprint density at radius 3 is 2.72 bits per heavy atom. The molecule has 2 atom stereocenters. The fraction of sp³-hybridized carbons (Fsp3) is 0.857. The van der Waals surface area contributed by atoms with Gasteiger partial charge in [0.1, 0.15) is 0 Å². The molecule has 1 fully saturated rings. The number of aromatic nitrogens is 2. The first kappa shape index (κ1) is 13.5. The van der Waals surface area contributed by atoms with Gasteiger partial charge in [0, 0.05) is 17.4 Å². The minimum atomic E-state index is -0.0303. The first-order chi connectivity index (χ1) is 8.50. The molecule has 1 aromatic rings. The average Bonchev–Trinajstić information content (AvgIpc) is 2.78. The van der Waals surface area contributed by atoms with E-state index in [-0.39, 0.29) is 5.41 Å². The predicted octanol–water partition coefficient (Wildman–Crippen LogP) is 3.00. The molecule has 0 aromatic carbocycles. The van der Waals surface area contributed by atoms with Crippen molar-refractivity contribution < 1.29 is 4.52 Å². The molecule has 1 saturated carbocycles. The summed E-state index contributed by atoms with van der Waals surface area (Å²) in [6, 6.07) is 0.610. The molecule has 0 saturated heterocycles. The molecule has 102 valence electrons. The predicted molar refractivity (Wildman–Crippen MR) is 71.7 cm³/mol. The molecule has 1 N–H and O–H groups in total. The first-order valence-corrected chi connectivity index (χ1v) is 7.08. The summed E-state index contributed by atoms with van der Waals surface area (Å²) in [7, 11) is 0. The molecule has 1 aromatic heterocycles. The third-order valence-electron chi connectivity index (χ3n) is 3.63. The third kappa shape index (κ3) is 3.10. The zero-order valence-corrected chi connectivity index (χ0v) is 12.0. The first-order valence-electron chi connectivity index (χ1n) is 7.08. The fourth-order valence-electron chi connectivity index (χ4n) is 2.59. The second-order valence-electron chi connectivity index (χ2n) is 6.32. The molecule has 2 unspecified atom stereocenters. The van der Waals surface area contributed by atoms with Gasteiger partial charge in [-0.05, 0) is 25.8 Å². The standard InChI is InChI=1S/C14H25N3O/c1-5-15-11-8-6-7-10(9-11)12-16-13(17-18-12)14(2,3)4/h10-11,15H,5-9H2,1-4H3. The molecule has 1 aliphatic rings. The molecular weight excluding hydrogens is 226 g/mol. The van der Waals surface area contributed by atoms with E-state index in [0.717, 1.165) is 24.7 Å². The normalized spacial score (nSPS) is 25.3. The van der Waals surface area contributed by atoms with E-state index in [2.05, 4.69) is 43.2 Å². The highest BCUT2D eigenvalue weighted by molar-refractivity contribution is 5.04. The van der Waals surface area contributed by atoms with Crippen molar-refractivity contribution in [3.05, 3.63) is 11.7 Å². The average molecular weight is 251 g/mol.